The summed E-state index contributed by atoms with van der Waals surface area (Å²) in [6.07, 6.45) is 0.254. The standard InChI is InChI=1S/C9H10BrFN2O/c10-7-5-6(11)1-2-8(7)13-4-3-9(12)14/h1-2,5,13H,3-4H2,(H2,12,14). The van der Waals surface area contributed by atoms with E-state index in [4.69, 9.17) is 5.73 Å². The van der Waals surface area contributed by atoms with E-state index in [0.29, 0.717) is 11.0 Å². The van der Waals surface area contributed by atoms with E-state index in [1.165, 1.54) is 12.1 Å². The van der Waals surface area contributed by atoms with Crippen LogP contribution < -0.4 is 11.1 Å². The Bertz CT molecular complexity index is 344. The topological polar surface area (TPSA) is 55.1 Å². The van der Waals surface area contributed by atoms with Gasteiger partial charge in [-0.05, 0) is 34.1 Å². The van der Waals surface area contributed by atoms with Crippen molar-refractivity contribution in [3.8, 4) is 0 Å². The third-order valence-electron chi connectivity index (χ3n) is 1.62. The molecule has 0 aliphatic carbocycles. The van der Waals surface area contributed by atoms with Gasteiger partial charge in [-0.15, -0.1) is 0 Å². The normalized spacial score (nSPS) is 9.86. The molecular weight excluding hydrogens is 251 g/mol. The zero-order valence-electron chi connectivity index (χ0n) is 7.39. The van der Waals surface area contributed by atoms with Crippen molar-refractivity contribution in [2.75, 3.05) is 11.9 Å². The molecule has 1 amide bonds. The number of hydrogen-bond acceptors (Lipinski definition) is 2. The average Bonchev–Trinajstić information content (AvgIpc) is 2.08. The Morgan fingerprint density at radius 3 is 2.86 bits per heavy atom. The zero-order valence-corrected chi connectivity index (χ0v) is 8.97. The molecule has 14 heavy (non-hydrogen) atoms. The summed E-state index contributed by atoms with van der Waals surface area (Å²) in [4.78, 5) is 10.4. The van der Waals surface area contributed by atoms with Gasteiger partial charge in [0.15, 0.2) is 0 Å². The van der Waals surface area contributed by atoms with Crippen LogP contribution in [0.15, 0.2) is 22.7 Å². The first-order valence-electron chi connectivity index (χ1n) is 4.07. The molecule has 5 heteroatoms. The van der Waals surface area contributed by atoms with Crippen LogP contribution in [0.5, 0.6) is 0 Å². The summed E-state index contributed by atoms with van der Waals surface area (Å²) in [5.41, 5.74) is 5.71. The molecule has 1 rings (SSSR count). The van der Waals surface area contributed by atoms with E-state index < -0.39 is 0 Å². The first kappa shape index (κ1) is 11.0. The minimum absolute atomic E-state index is 0.254. The Kier molecular flexibility index (Phi) is 3.88. The number of amides is 1. The van der Waals surface area contributed by atoms with E-state index in [1.54, 1.807) is 6.07 Å². The number of benzene rings is 1. The van der Waals surface area contributed by atoms with Crippen molar-refractivity contribution in [1.82, 2.24) is 0 Å². The highest BCUT2D eigenvalue weighted by Crippen LogP contribution is 2.22. The fraction of sp³-hybridized carbons (Fsp3) is 0.222. The maximum Gasteiger partial charge on any atom is 0.219 e. The van der Waals surface area contributed by atoms with E-state index in [2.05, 4.69) is 21.2 Å². The van der Waals surface area contributed by atoms with Crippen molar-refractivity contribution in [3.63, 3.8) is 0 Å². The average molecular weight is 261 g/mol. The number of halogens is 2. The fourth-order valence-electron chi connectivity index (χ4n) is 0.953. The molecule has 3 nitrogen and oxygen atoms in total. The predicted octanol–water partition coefficient (Wildman–Crippen LogP) is 1.88. The third-order valence-corrected chi connectivity index (χ3v) is 2.27. The van der Waals surface area contributed by atoms with E-state index >= 15 is 0 Å². The van der Waals surface area contributed by atoms with Crippen molar-refractivity contribution in [3.05, 3.63) is 28.5 Å². The van der Waals surface area contributed by atoms with Gasteiger partial charge in [0, 0.05) is 23.1 Å². The van der Waals surface area contributed by atoms with E-state index in [9.17, 15) is 9.18 Å². The van der Waals surface area contributed by atoms with Crippen molar-refractivity contribution < 1.29 is 9.18 Å². The molecule has 0 atom stereocenters. The Balaban J connectivity index is 2.55. The Morgan fingerprint density at radius 1 is 1.57 bits per heavy atom. The number of rotatable bonds is 4. The van der Waals surface area contributed by atoms with Crippen molar-refractivity contribution in [2.24, 2.45) is 5.73 Å². The van der Waals surface area contributed by atoms with Gasteiger partial charge in [0.1, 0.15) is 5.82 Å². The summed E-state index contributed by atoms with van der Waals surface area (Å²) in [5.74, 6) is -0.673. The number of primary amides is 1. The highest BCUT2D eigenvalue weighted by atomic mass is 79.9. The summed E-state index contributed by atoms with van der Waals surface area (Å²) in [6, 6.07) is 4.30. The van der Waals surface area contributed by atoms with Gasteiger partial charge in [0.05, 0.1) is 0 Å². The van der Waals surface area contributed by atoms with Crippen LogP contribution in [0.2, 0.25) is 0 Å². The molecule has 0 bridgehead atoms. The monoisotopic (exact) mass is 260 g/mol. The molecule has 0 aliphatic rings. The lowest BCUT2D eigenvalue weighted by atomic mass is 10.3. The molecule has 0 fully saturated rings. The maximum absolute atomic E-state index is 12.7. The van der Waals surface area contributed by atoms with Gasteiger partial charge >= 0.3 is 0 Å². The van der Waals surface area contributed by atoms with Gasteiger partial charge in [0.2, 0.25) is 5.91 Å². The summed E-state index contributed by atoms with van der Waals surface area (Å²) < 4.78 is 13.3. The Morgan fingerprint density at radius 2 is 2.29 bits per heavy atom. The molecule has 3 N–H and O–H groups in total. The SMILES string of the molecule is NC(=O)CCNc1ccc(F)cc1Br. The van der Waals surface area contributed by atoms with Crippen LogP contribution in [-0.4, -0.2) is 12.5 Å². The van der Waals surface area contributed by atoms with Crippen molar-refractivity contribution in [1.29, 1.82) is 0 Å². The largest absolute Gasteiger partial charge is 0.384 e. The van der Waals surface area contributed by atoms with Crippen LogP contribution in [0.3, 0.4) is 0 Å². The molecule has 0 unspecified atom stereocenters. The van der Waals surface area contributed by atoms with Gasteiger partial charge in [-0.25, -0.2) is 4.39 Å². The van der Waals surface area contributed by atoms with Gasteiger partial charge in [-0.1, -0.05) is 0 Å². The first-order valence-corrected chi connectivity index (χ1v) is 4.86. The molecular formula is C9H10BrFN2O. The number of nitrogens with one attached hydrogen (secondary N) is 1. The molecule has 0 spiro atoms. The molecule has 0 saturated heterocycles. The third kappa shape index (κ3) is 3.33. The lowest BCUT2D eigenvalue weighted by molar-refractivity contribution is -0.117. The van der Waals surface area contributed by atoms with Gasteiger partial charge in [-0.2, -0.15) is 0 Å². The highest BCUT2D eigenvalue weighted by molar-refractivity contribution is 9.10. The van der Waals surface area contributed by atoms with E-state index in [1.807, 2.05) is 0 Å². The quantitative estimate of drug-likeness (QED) is 0.869. The van der Waals surface area contributed by atoms with Crippen LogP contribution in [-0.2, 0) is 4.79 Å². The molecule has 0 heterocycles. The molecule has 1 aromatic rings. The second kappa shape index (κ2) is 4.95. The number of anilines is 1. The molecule has 0 aliphatic heterocycles. The lowest BCUT2D eigenvalue weighted by Crippen LogP contribution is -2.15. The van der Waals surface area contributed by atoms with Crippen LogP contribution >= 0.6 is 15.9 Å². The molecule has 76 valence electrons. The van der Waals surface area contributed by atoms with Crippen LogP contribution in [0.4, 0.5) is 10.1 Å². The van der Waals surface area contributed by atoms with Gasteiger partial charge < -0.3 is 11.1 Å². The summed E-state index contributed by atoms with van der Waals surface area (Å²) in [5, 5.41) is 2.96. The second-order valence-electron chi connectivity index (χ2n) is 2.77. The second-order valence-corrected chi connectivity index (χ2v) is 3.62. The lowest BCUT2D eigenvalue weighted by Gasteiger charge is -2.06. The summed E-state index contributed by atoms with van der Waals surface area (Å²) in [7, 11) is 0. The van der Waals surface area contributed by atoms with Crippen LogP contribution in [0.1, 0.15) is 6.42 Å². The van der Waals surface area contributed by atoms with Crippen LogP contribution in [0, 0.1) is 5.82 Å². The number of carbonyl (C=O) groups excluding carboxylic acids is 1. The molecule has 0 radical (unpaired) electrons. The fourth-order valence-corrected chi connectivity index (χ4v) is 1.44. The number of carbonyl (C=O) groups is 1. The van der Waals surface area contributed by atoms with E-state index in [0.717, 1.165) is 5.69 Å². The molecule has 0 saturated carbocycles. The summed E-state index contributed by atoms with van der Waals surface area (Å²) in [6.45, 7) is 0.444. The van der Waals surface area contributed by atoms with Crippen molar-refractivity contribution in [2.45, 2.75) is 6.42 Å². The Labute approximate surface area is 89.6 Å². The Hall–Kier alpha value is -1.10. The maximum atomic E-state index is 12.7. The first-order chi connectivity index (χ1) is 6.59. The minimum Gasteiger partial charge on any atom is -0.384 e. The van der Waals surface area contributed by atoms with Gasteiger partial charge in [-0.3, -0.25) is 4.79 Å². The zero-order chi connectivity index (χ0) is 10.6. The minimum atomic E-state index is -0.365. The van der Waals surface area contributed by atoms with Gasteiger partial charge in [0.25, 0.3) is 0 Å². The molecule has 0 aromatic heterocycles. The van der Waals surface area contributed by atoms with E-state index in [-0.39, 0.29) is 18.1 Å². The number of hydrogen-bond donors (Lipinski definition) is 2. The summed E-state index contributed by atoms with van der Waals surface area (Å²) >= 11 is 3.20. The smallest absolute Gasteiger partial charge is 0.219 e. The van der Waals surface area contributed by atoms with Crippen LogP contribution in [0.25, 0.3) is 0 Å². The van der Waals surface area contributed by atoms with Crippen molar-refractivity contribution >= 4 is 27.5 Å². The predicted molar refractivity (Wildman–Crippen MR) is 56.4 cm³/mol. The number of nitrogens with two attached hydrogens (primary N) is 1. The molecule has 1 aromatic carbocycles. The highest BCUT2D eigenvalue weighted by Gasteiger charge is 2.01.